The van der Waals surface area contributed by atoms with E-state index in [2.05, 4.69) is 10.3 Å². The molecule has 4 nitrogen and oxygen atoms in total. The Bertz CT molecular complexity index is 488. The summed E-state index contributed by atoms with van der Waals surface area (Å²) in [5.41, 5.74) is 2.74. The molecule has 1 aromatic heterocycles. The third-order valence-electron chi connectivity index (χ3n) is 2.61. The van der Waals surface area contributed by atoms with Gasteiger partial charge in [0.05, 0.1) is 18.4 Å². The van der Waals surface area contributed by atoms with Crippen LogP contribution < -0.4 is 5.32 Å². The van der Waals surface area contributed by atoms with Gasteiger partial charge in [-0.15, -0.1) is 0 Å². The molecule has 4 heteroatoms. The third kappa shape index (κ3) is 3.06. The Kier molecular flexibility index (Phi) is 4.28. The fourth-order valence-electron chi connectivity index (χ4n) is 1.68. The zero-order valence-corrected chi connectivity index (χ0v) is 9.95. The van der Waals surface area contributed by atoms with Crippen LogP contribution in [-0.2, 0) is 0 Å². The average molecular weight is 244 g/mol. The van der Waals surface area contributed by atoms with Crippen molar-refractivity contribution in [2.75, 3.05) is 18.5 Å². The van der Waals surface area contributed by atoms with E-state index in [9.17, 15) is 5.11 Å². The Balaban J connectivity index is 2.21. The molecule has 0 saturated carbocycles. The molecule has 1 unspecified atom stereocenters. The van der Waals surface area contributed by atoms with Gasteiger partial charge in [-0.3, -0.25) is 4.98 Å². The molecule has 0 saturated heterocycles. The number of hydrogen-bond donors (Lipinski definition) is 3. The highest BCUT2D eigenvalue weighted by Crippen LogP contribution is 2.25. The van der Waals surface area contributed by atoms with E-state index in [1.165, 1.54) is 0 Å². The Morgan fingerprint density at radius 2 is 1.89 bits per heavy atom. The summed E-state index contributed by atoms with van der Waals surface area (Å²) in [6.07, 6.45) is 0.982. The molecule has 18 heavy (non-hydrogen) atoms. The second kappa shape index (κ2) is 6.14. The van der Waals surface area contributed by atoms with Crippen LogP contribution in [0.2, 0.25) is 0 Å². The van der Waals surface area contributed by atoms with Gasteiger partial charge in [0.1, 0.15) is 0 Å². The first kappa shape index (κ1) is 12.5. The summed E-state index contributed by atoms with van der Waals surface area (Å²) in [7, 11) is 0. The SMILES string of the molecule is OCC(O)CNc1ccccc1-c1ccccn1. The van der Waals surface area contributed by atoms with Crippen LogP contribution in [0.5, 0.6) is 0 Å². The van der Waals surface area contributed by atoms with Gasteiger partial charge in [-0.25, -0.2) is 0 Å². The molecule has 94 valence electrons. The second-order valence-electron chi connectivity index (χ2n) is 3.98. The third-order valence-corrected chi connectivity index (χ3v) is 2.61. The number of anilines is 1. The lowest BCUT2D eigenvalue weighted by Crippen LogP contribution is -2.23. The summed E-state index contributed by atoms with van der Waals surface area (Å²) in [5.74, 6) is 0. The van der Waals surface area contributed by atoms with Crippen LogP contribution in [0.25, 0.3) is 11.3 Å². The lowest BCUT2D eigenvalue weighted by molar-refractivity contribution is 0.105. The molecule has 2 rings (SSSR count). The van der Waals surface area contributed by atoms with Crippen molar-refractivity contribution in [1.29, 1.82) is 0 Å². The Labute approximate surface area is 106 Å². The van der Waals surface area contributed by atoms with Crippen molar-refractivity contribution in [3.05, 3.63) is 48.7 Å². The predicted octanol–water partition coefficient (Wildman–Crippen LogP) is 1.51. The zero-order chi connectivity index (χ0) is 12.8. The van der Waals surface area contributed by atoms with E-state index in [0.29, 0.717) is 6.54 Å². The highest BCUT2D eigenvalue weighted by atomic mass is 16.3. The highest BCUT2D eigenvalue weighted by Gasteiger charge is 2.07. The summed E-state index contributed by atoms with van der Waals surface area (Å²) in [6, 6.07) is 13.5. The lowest BCUT2D eigenvalue weighted by atomic mass is 10.1. The lowest BCUT2D eigenvalue weighted by Gasteiger charge is -2.13. The van der Waals surface area contributed by atoms with Crippen molar-refractivity contribution in [3.63, 3.8) is 0 Å². The molecular weight excluding hydrogens is 228 g/mol. The number of nitrogens with zero attached hydrogens (tertiary/aromatic N) is 1. The molecule has 0 bridgehead atoms. The van der Waals surface area contributed by atoms with Crippen LogP contribution in [0, 0.1) is 0 Å². The number of benzene rings is 1. The minimum absolute atomic E-state index is 0.251. The number of aromatic nitrogens is 1. The van der Waals surface area contributed by atoms with Crippen molar-refractivity contribution >= 4 is 5.69 Å². The van der Waals surface area contributed by atoms with Gasteiger partial charge in [-0.05, 0) is 18.2 Å². The molecule has 1 heterocycles. The molecule has 0 aliphatic rings. The van der Waals surface area contributed by atoms with E-state index in [1.807, 2.05) is 42.5 Å². The summed E-state index contributed by atoms with van der Waals surface area (Å²) in [4.78, 5) is 4.31. The van der Waals surface area contributed by atoms with E-state index in [4.69, 9.17) is 5.11 Å². The minimum Gasteiger partial charge on any atom is -0.394 e. The summed E-state index contributed by atoms with van der Waals surface area (Å²) < 4.78 is 0. The molecule has 0 radical (unpaired) electrons. The molecular formula is C14H16N2O2. The van der Waals surface area contributed by atoms with Crippen molar-refractivity contribution in [1.82, 2.24) is 4.98 Å². The molecule has 3 N–H and O–H groups in total. The molecule has 0 aliphatic heterocycles. The zero-order valence-electron chi connectivity index (χ0n) is 9.95. The van der Waals surface area contributed by atoms with Gasteiger partial charge in [-0.2, -0.15) is 0 Å². The number of aliphatic hydroxyl groups is 2. The number of nitrogens with one attached hydrogen (secondary N) is 1. The van der Waals surface area contributed by atoms with Gasteiger partial charge in [0.2, 0.25) is 0 Å². The number of rotatable bonds is 5. The van der Waals surface area contributed by atoms with E-state index < -0.39 is 6.10 Å². The van der Waals surface area contributed by atoms with E-state index in [0.717, 1.165) is 16.9 Å². The Hall–Kier alpha value is -1.91. The van der Waals surface area contributed by atoms with Crippen LogP contribution in [0.4, 0.5) is 5.69 Å². The van der Waals surface area contributed by atoms with Gasteiger partial charge in [-0.1, -0.05) is 24.3 Å². The van der Waals surface area contributed by atoms with Gasteiger partial charge in [0.15, 0.2) is 0 Å². The molecule has 2 aromatic rings. The average Bonchev–Trinajstić information content (AvgIpc) is 2.46. The van der Waals surface area contributed by atoms with Crippen LogP contribution in [0.3, 0.4) is 0 Å². The number of hydrogen-bond acceptors (Lipinski definition) is 4. The van der Waals surface area contributed by atoms with E-state index >= 15 is 0 Å². The fourth-order valence-corrected chi connectivity index (χ4v) is 1.68. The van der Waals surface area contributed by atoms with Gasteiger partial charge in [0, 0.05) is 24.0 Å². The highest BCUT2D eigenvalue weighted by molar-refractivity contribution is 5.75. The standard InChI is InChI=1S/C14H16N2O2/c17-10-11(18)9-16-14-6-2-1-5-12(14)13-7-3-4-8-15-13/h1-8,11,16-18H,9-10H2. The number of pyridine rings is 1. The molecule has 0 aliphatic carbocycles. The molecule has 1 atom stereocenters. The van der Waals surface area contributed by atoms with Gasteiger partial charge >= 0.3 is 0 Å². The topological polar surface area (TPSA) is 65.4 Å². The summed E-state index contributed by atoms with van der Waals surface area (Å²) in [6.45, 7) is 0.0547. The summed E-state index contributed by atoms with van der Waals surface area (Å²) >= 11 is 0. The maximum atomic E-state index is 9.35. The van der Waals surface area contributed by atoms with E-state index in [1.54, 1.807) is 6.20 Å². The smallest absolute Gasteiger partial charge is 0.0942 e. The van der Waals surface area contributed by atoms with Crippen LogP contribution in [0.1, 0.15) is 0 Å². The quantitative estimate of drug-likeness (QED) is 0.746. The Morgan fingerprint density at radius 3 is 2.61 bits per heavy atom. The van der Waals surface area contributed by atoms with Crippen molar-refractivity contribution < 1.29 is 10.2 Å². The van der Waals surface area contributed by atoms with Crippen molar-refractivity contribution in [2.24, 2.45) is 0 Å². The van der Waals surface area contributed by atoms with Crippen LogP contribution in [-0.4, -0.2) is 34.5 Å². The molecule has 0 amide bonds. The normalized spacial score (nSPS) is 12.1. The monoisotopic (exact) mass is 244 g/mol. The summed E-state index contributed by atoms with van der Waals surface area (Å²) in [5, 5.41) is 21.3. The number of para-hydroxylation sites is 1. The van der Waals surface area contributed by atoms with Crippen molar-refractivity contribution in [3.8, 4) is 11.3 Å². The van der Waals surface area contributed by atoms with Crippen molar-refractivity contribution in [2.45, 2.75) is 6.10 Å². The van der Waals surface area contributed by atoms with Gasteiger partial charge in [0.25, 0.3) is 0 Å². The number of aliphatic hydroxyl groups excluding tert-OH is 2. The predicted molar refractivity (Wildman–Crippen MR) is 71.3 cm³/mol. The van der Waals surface area contributed by atoms with Gasteiger partial charge < -0.3 is 15.5 Å². The first-order valence-electron chi connectivity index (χ1n) is 5.84. The Morgan fingerprint density at radius 1 is 1.11 bits per heavy atom. The second-order valence-corrected chi connectivity index (χ2v) is 3.98. The van der Waals surface area contributed by atoms with Crippen LogP contribution in [0.15, 0.2) is 48.7 Å². The maximum Gasteiger partial charge on any atom is 0.0942 e. The fraction of sp³-hybridized carbons (Fsp3) is 0.214. The minimum atomic E-state index is -0.762. The first-order chi connectivity index (χ1) is 8.81. The molecule has 1 aromatic carbocycles. The van der Waals surface area contributed by atoms with E-state index in [-0.39, 0.29) is 6.61 Å². The largest absolute Gasteiger partial charge is 0.394 e. The first-order valence-corrected chi connectivity index (χ1v) is 5.84. The molecule has 0 fully saturated rings. The maximum absolute atomic E-state index is 9.35. The van der Waals surface area contributed by atoms with Crippen LogP contribution >= 0.6 is 0 Å². The molecule has 0 spiro atoms.